The Morgan fingerprint density at radius 2 is 1.97 bits per heavy atom. The van der Waals surface area contributed by atoms with Crippen LogP contribution in [0.15, 0.2) is 69.6 Å². The zero-order chi connectivity index (χ0) is 22.8. The van der Waals surface area contributed by atoms with Crippen molar-refractivity contribution in [3.8, 4) is 17.6 Å². The number of rotatable bonds is 5. The van der Waals surface area contributed by atoms with E-state index < -0.39 is 5.92 Å². The van der Waals surface area contributed by atoms with Crippen LogP contribution in [0.25, 0.3) is 0 Å². The third kappa shape index (κ3) is 3.87. The van der Waals surface area contributed by atoms with Gasteiger partial charge in [0.25, 0.3) is 0 Å². The van der Waals surface area contributed by atoms with Crippen LogP contribution in [0.2, 0.25) is 0 Å². The number of nitriles is 1. The van der Waals surface area contributed by atoms with E-state index in [1.54, 1.807) is 12.0 Å². The molecule has 0 bridgehead atoms. The zero-order valence-electron chi connectivity index (χ0n) is 18.0. The van der Waals surface area contributed by atoms with Crippen molar-refractivity contribution in [2.75, 3.05) is 14.2 Å². The number of hydrogen-bond acceptors (Lipinski definition) is 6. The minimum Gasteiger partial charge on any atom is -0.493 e. The maximum absolute atomic E-state index is 13.0. The molecule has 0 unspecified atom stereocenters. The van der Waals surface area contributed by atoms with E-state index >= 15 is 0 Å². The summed E-state index contributed by atoms with van der Waals surface area (Å²) in [5, 5.41) is 9.95. The van der Waals surface area contributed by atoms with Crippen LogP contribution >= 0.6 is 15.9 Å². The van der Waals surface area contributed by atoms with Crippen molar-refractivity contribution in [2.45, 2.75) is 31.8 Å². The summed E-state index contributed by atoms with van der Waals surface area (Å²) in [5.74, 6) is 0.976. The highest BCUT2D eigenvalue weighted by Crippen LogP contribution is 2.48. The molecule has 2 aromatic rings. The number of nitrogens with zero attached hydrogens (tertiary/aromatic N) is 2. The highest BCUT2D eigenvalue weighted by Gasteiger charge is 2.39. The summed E-state index contributed by atoms with van der Waals surface area (Å²) in [6.07, 6.45) is 2.00. The van der Waals surface area contributed by atoms with Crippen molar-refractivity contribution in [1.82, 2.24) is 4.90 Å². The number of allylic oxidation sites excluding steroid dienone is 3. The van der Waals surface area contributed by atoms with Gasteiger partial charge in [0.1, 0.15) is 12.4 Å². The molecule has 0 spiro atoms. The number of carbonyl (C=O) groups is 1. The first-order valence-electron chi connectivity index (χ1n) is 10.4. The lowest BCUT2D eigenvalue weighted by Gasteiger charge is -2.38. The molecule has 4 rings (SSSR count). The fourth-order valence-electron chi connectivity index (χ4n) is 4.35. The average Bonchev–Trinajstić information content (AvgIpc) is 2.81. The standard InChI is InChI=1S/C25H24BrN3O3/c1-29-19-9-6-10-20(30)24(19)23(17(13-27)25(29)28)16-11-21(31-2)22(12-18(16)26)32-14-15-7-4-3-5-8-15/h3-5,7-8,11-12,23H,6,9-10,14,28H2,1-2H3/t23-/m1/s1. The largest absolute Gasteiger partial charge is 0.493 e. The molecule has 6 nitrogen and oxygen atoms in total. The Balaban J connectivity index is 1.78. The zero-order valence-corrected chi connectivity index (χ0v) is 19.6. The van der Waals surface area contributed by atoms with Crippen LogP contribution in [-0.2, 0) is 11.4 Å². The van der Waals surface area contributed by atoms with Gasteiger partial charge in [0, 0.05) is 29.2 Å². The van der Waals surface area contributed by atoms with Gasteiger partial charge in [-0.2, -0.15) is 5.26 Å². The molecule has 164 valence electrons. The number of methoxy groups -OCH3 is 1. The lowest BCUT2D eigenvalue weighted by Crippen LogP contribution is -2.36. The number of ether oxygens (including phenoxy) is 2. The highest BCUT2D eigenvalue weighted by atomic mass is 79.9. The van der Waals surface area contributed by atoms with Crippen LogP contribution in [0.3, 0.4) is 0 Å². The first-order valence-corrected chi connectivity index (χ1v) is 11.2. The molecule has 0 fully saturated rings. The summed E-state index contributed by atoms with van der Waals surface area (Å²) in [4.78, 5) is 14.8. The van der Waals surface area contributed by atoms with E-state index in [1.165, 1.54) is 0 Å². The van der Waals surface area contributed by atoms with Crippen molar-refractivity contribution in [1.29, 1.82) is 5.26 Å². The van der Waals surface area contributed by atoms with Gasteiger partial charge in [0.05, 0.1) is 24.7 Å². The lowest BCUT2D eigenvalue weighted by atomic mass is 9.76. The number of halogens is 1. The molecule has 0 amide bonds. The Morgan fingerprint density at radius 1 is 1.22 bits per heavy atom. The molecule has 1 heterocycles. The van der Waals surface area contributed by atoms with E-state index in [9.17, 15) is 10.1 Å². The van der Waals surface area contributed by atoms with E-state index in [2.05, 4.69) is 22.0 Å². The Bertz CT molecular complexity index is 1160. The Labute approximate surface area is 196 Å². The second-order valence-electron chi connectivity index (χ2n) is 7.84. The van der Waals surface area contributed by atoms with Gasteiger partial charge < -0.3 is 20.1 Å². The molecule has 7 heteroatoms. The third-order valence-corrected chi connectivity index (χ3v) is 6.69. The van der Waals surface area contributed by atoms with E-state index in [4.69, 9.17) is 15.2 Å². The molecule has 1 aliphatic heterocycles. The fourth-order valence-corrected chi connectivity index (χ4v) is 4.90. The monoisotopic (exact) mass is 493 g/mol. The van der Waals surface area contributed by atoms with Gasteiger partial charge in [0.15, 0.2) is 17.3 Å². The lowest BCUT2D eigenvalue weighted by molar-refractivity contribution is -0.116. The number of ketones is 1. The smallest absolute Gasteiger partial charge is 0.162 e. The summed E-state index contributed by atoms with van der Waals surface area (Å²) >= 11 is 3.64. The topological polar surface area (TPSA) is 88.6 Å². The summed E-state index contributed by atoms with van der Waals surface area (Å²) < 4.78 is 12.3. The summed E-state index contributed by atoms with van der Waals surface area (Å²) in [7, 11) is 3.38. The van der Waals surface area contributed by atoms with Crippen LogP contribution in [0.4, 0.5) is 0 Å². The van der Waals surface area contributed by atoms with Crippen LogP contribution in [0.1, 0.15) is 36.3 Å². The van der Waals surface area contributed by atoms with E-state index in [-0.39, 0.29) is 5.78 Å². The highest BCUT2D eigenvalue weighted by molar-refractivity contribution is 9.10. The van der Waals surface area contributed by atoms with Crippen LogP contribution in [-0.4, -0.2) is 24.8 Å². The fraction of sp³-hybridized carbons (Fsp3) is 0.280. The number of hydrogen-bond donors (Lipinski definition) is 1. The van der Waals surface area contributed by atoms with E-state index in [0.717, 1.165) is 34.1 Å². The normalized spacial score (nSPS) is 18.4. The molecule has 0 saturated heterocycles. The number of nitrogens with two attached hydrogens (primary N) is 1. The van der Waals surface area contributed by atoms with Crippen molar-refractivity contribution in [2.24, 2.45) is 5.73 Å². The third-order valence-electron chi connectivity index (χ3n) is 6.00. The Hall–Kier alpha value is -3.24. The van der Waals surface area contributed by atoms with E-state index in [0.29, 0.717) is 41.5 Å². The number of Topliss-reactive ketones (excluding diaryl/α,β-unsaturated/α-hetero) is 1. The molecule has 0 radical (unpaired) electrons. The van der Waals surface area contributed by atoms with Gasteiger partial charge in [-0.25, -0.2) is 0 Å². The van der Waals surface area contributed by atoms with E-state index in [1.807, 2.05) is 49.5 Å². The Morgan fingerprint density at radius 3 is 2.66 bits per heavy atom. The van der Waals surface area contributed by atoms with Gasteiger partial charge in [-0.15, -0.1) is 0 Å². The van der Waals surface area contributed by atoms with Crippen molar-refractivity contribution in [3.05, 3.63) is 80.7 Å². The molecule has 2 N–H and O–H groups in total. The van der Waals surface area contributed by atoms with Crippen molar-refractivity contribution < 1.29 is 14.3 Å². The van der Waals surface area contributed by atoms with Crippen molar-refractivity contribution in [3.63, 3.8) is 0 Å². The van der Waals surface area contributed by atoms with Crippen molar-refractivity contribution >= 4 is 21.7 Å². The minimum absolute atomic E-state index is 0.0543. The Kier molecular flexibility index (Phi) is 6.24. The summed E-state index contributed by atoms with van der Waals surface area (Å²) in [6.45, 7) is 0.390. The number of benzene rings is 2. The predicted molar refractivity (Wildman–Crippen MR) is 125 cm³/mol. The second-order valence-corrected chi connectivity index (χ2v) is 8.69. The molecule has 1 aliphatic carbocycles. The average molecular weight is 494 g/mol. The second kappa shape index (κ2) is 9.09. The van der Waals surface area contributed by atoms with Gasteiger partial charge in [-0.1, -0.05) is 46.3 Å². The maximum atomic E-state index is 13.0. The van der Waals surface area contributed by atoms with Gasteiger partial charge in [0.2, 0.25) is 0 Å². The molecule has 1 atom stereocenters. The first kappa shape index (κ1) is 22.0. The maximum Gasteiger partial charge on any atom is 0.162 e. The van der Waals surface area contributed by atoms with Gasteiger partial charge in [-0.05, 0) is 36.1 Å². The summed E-state index contributed by atoms with van der Waals surface area (Å²) in [6, 6.07) is 15.8. The molecule has 2 aliphatic rings. The van der Waals surface area contributed by atoms with Crippen LogP contribution in [0, 0.1) is 11.3 Å². The first-order chi connectivity index (χ1) is 15.5. The number of carbonyl (C=O) groups excluding carboxylic acids is 1. The predicted octanol–water partition coefficient (Wildman–Crippen LogP) is 4.77. The summed E-state index contributed by atoms with van der Waals surface area (Å²) in [5.41, 5.74) is 10.0. The quantitative estimate of drug-likeness (QED) is 0.645. The molecule has 2 aromatic carbocycles. The van der Waals surface area contributed by atoms with Gasteiger partial charge >= 0.3 is 0 Å². The van der Waals surface area contributed by atoms with Gasteiger partial charge in [-0.3, -0.25) is 4.79 Å². The van der Waals surface area contributed by atoms with Crippen LogP contribution < -0.4 is 15.2 Å². The minimum atomic E-state index is -0.551. The van der Waals surface area contributed by atoms with Crippen LogP contribution in [0.5, 0.6) is 11.5 Å². The molecule has 0 aromatic heterocycles. The molecular formula is C25H24BrN3O3. The molecule has 32 heavy (non-hydrogen) atoms. The SMILES string of the molecule is COc1cc([C@@H]2C(C#N)=C(N)N(C)C3=C2C(=O)CCC3)c(Br)cc1OCc1ccccc1. The molecular weight excluding hydrogens is 470 g/mol. The molecule has 0 saturated carbocycles.